The van der Waals surface area contributed by atoms with Gasteiger partial charge in [0.1, 0.15) is 0 Å². The molecular formula is C18H36N2O. The van der Waals surface area contributed by atoms with E-state index in [0.29, 0.717) is 17.7 Å². The first-order chi connectivity index (χ1) is 9.99. The molecule has 1 saturated heterocycles. The average Bonchev–Trinajstić information content (AvgIpc) is 2.45. The molecule has 0 spiro atoms. The molecule has 0 unspecified atom stereocenters. The van der Waals surface area contributed by atoms with Crippen molar-refractivity contribution in [3.8, 4) is 0 Å². The van der Waals surface area contributed by atoms with Gasteiger partial charge >= 0.3 is 0 Å². The molecule has 0 aromatic heterocycles. The van der Waals surface area contributed by atoms with E-state index in [1.165, 1.54) is 12.8 Å². The lowest BCUT2D eigenvalue weighted by molar-refractivity contribution is -0.131. The molecule has 1 amide bonds. The van der Waals surface area contributed by atoms with Crippen LogP contribution in [0.25, 0.3) is 0 Å². The average molecular weight is 296 g/mol. The van der Waals surface area contributed by atoms with Gasteiger partial charge in [-0.3, -0.25) is 4.79 Å². The third kappa shape index (κ3) is 8.45. The maximum atomic E-state index is 12.5. The fraction of sp³-hybridized carbons (Fsp3) is 0.944. The van der Waals surface area contributed by atoms with Gasteiger partial charge in [-0.05, 0) is 62.9 Å². The minimum Gasteiger partial charge on any atom is -0.343 e. The molecule has 1 aliphatic heterocycles. The molecule has 0 aliphatic carbocycles. The molecule has 21 heavy (non-hydrogen) atoms. The summed E-state index contributed by atoms with van der Waals surface area (Å²) in [6.45, 7) is 13.1. The summed E-state index contributed by atoms with van der Waals surface area (Å²) in [4.78, 5) is 14.6. The maximum Gasteiger partial charge on any atom is 0.222 e. The van der Waals surface area contributed by atoms with Gasteiger partial charge in [0.2, 0.25) is 5.91 Å². The van der Waals surface area contributed by atoms with Crippen LogP contribution >= 0.6 is 0 Å². The first-order valence-electron chi connectivity index (χ1n) is 8.97. The Hall–Kier alpha value is -0.570. The zero-order chi connectivity index (χ0) is 15.7. The Bertz CT molecular complexity index is 271. The highest BCUT2D eigenvalue weighted by molar-refractivity contribution is 5.76. The SMILES string of the molecule is CC(C)CCN(CCC(C)C)C(=O)CCC1CCNCC1. The Morgan fingerprint density at radius 3 is 2.05 bits per heavy atom. The van der Waals surface area contributed by atoms with Gasteiger partial charge in [0.25, 0.3) is 0 Å². The molecule has 0 radical (unpaired) electrons. The van der Waals surface area contributed by atoms with E-state index in [9.17, 15) is 4.79 Å². The number of amides is 1. The van der Waals surface area contributed by atoms with Crippen molar-refractivity contribution in [2.24, 2.45) is 17.8 Å². The summed E-state index contributed by atoms with van der Waals surface area (Å²) in [7, 11) is 0. The molecular weight excluding hydrogens is 260 g/mol. The largest absolute Gasteiger partial charge is 0.343 e. The van der Waals surface area contributed by atoms with Crippen molar-refractivity contribution < 1.29 is 4.79 Å². The highest BCUT2D eigenvalue weighted by atomic mass is 16.2. The number of carbonyl (C=O) groups excluding carboxylic acids is 1. The Morgan fingerprint density at radius 1 is 1.05 bits per heavy atom. The van der Waals surface area contributed by atoms with E-state index in [1.54, 1.807) is 0 Å². The molecule has 0 saturated carbocycles. The van der Waals surface area contributed by atoms with Crippen molar-refractivity contribution >= 4 is 5.91 Å². The quantitative estimate of drug-likeness (QED) is 0.704. The lowest BCUT2D eigenvalue weighted by Crippen LogP contribution is -2.35. The Balaban J connectivity index is 2.36. The molecule has 0 aromatic carbocycles. The second-order valence-corrected chi connectivity index (χ2v) is 7.48. The van der Waals surface area contributed by atoms with Crippen LogP contribution in [-0.2, 0) is 4.79 Å². The van der Waals surface area contributed by atoms with Crippen molar-refractivity contribution in [2.45, 2.75) is 66.2 Å². The predicted octanol–water partition coefficient (Wildman–Crippen LogP) is 3.69. The van der Waals surface area contributed by atoms with Crippen LogP contribution in [-0.4, -0.2) is 37.0 Å². The van der Waals surface area contributed by atoms with Crippen LogP contribution < -0.4 is 5.32 Å². The molecule has 0 aromatic rings. The number of carbonyl (C=O) groups is 1. The first kappa shape index (κ1) is 18.5. The van der Waals surface area contributed by atoms with E-state index in [4.69, 9.17) is 0 Å². The van der Waals surface area contributed by atoms with Gasteiger partial charge in [-0.25, -0.2) is 0 Å². The van der Waals surface area contributed by atoms with Crippen molar-refractivity contribution in [1.29, 1.82) is 0 Å². The Morgan fingerprint density at radius 2 is 1.57 bits per heavy atom. The minimum absolute atomic E-state index is 0.384. The highest BCUT2D eigenvalue weighted by Gasteiger charge is 2.18. The van der Waals surface area contributed by atoms with Crippen LogP contribution in [0, 0.1) is 17.8 Å². The summed E-state index contributed by atoms with van der Waals surface area (Å²) in [5, 5.41) is 3.40. The van der Waals surface area contributed by atoms with Crippen LogP contribution in [0.2, 0.25) is 0 Å². The van der Waals surface area contributed by atoms with E-state index >= 15 is 0 Å². The van der Waals surface area contributed by atoms with E-state index in [-0.39, 0.29) is 0 Å². The fourth-order valence-electron chi connectivity index (χ4n) is 2.85. The summed E-state index contributed by atoms with van der Waals surface area (Å²) in [5.74, 6) is 2.48. The van der Waals surface area contributed by atoms with E-state index < -0.39 is 0 Å². The number of hydrogen-bond donors (Lipinski definition) is 1. The Labute approximate surface area is 131 Å². The first-order valence-corrected chi connectivity index (χ1v) is 8.97. The molecule has 3 nitrogen and oxygen atoms in total. The van der Waals surface area contributed by atoms with E-state index in [1.807, 2.05) is 0 Å². The number of nitrogens with zero attached hydrogens (tertiary/aromatic N) is 1. The number of nitrogens with one attached hydrogen (secondary N) is 1. The van der Waals surface area contributed by atoms with E-state index in [0.717, 1.165) is 57.8 Å². The zero-order valence-corrected chi connectivity index (χ0v) is 14.7. The second kappa shape index (κ2) is 10.2. The number of hydrogen-bond acceptors (Lipinski definition) is 2. The molecule has 0 bridgehead atoms. The summed E-state index contributed by atoms with van der Waals surface area (Å²) >= 11 is 0. The summed E-state index contributed by atoms with van der Waals surface area (Å²) in [5.41, 5.74) is 0. The molecule has 1 heterocycles. The minimum atomic E-state index is 0.384. The van der Waals surface area contributed by atoms with Gasteiger partial charge in [-0.2, -0.15) is 0 Å². The molecule has 124 valence electrons. The monoisotopic (exact) mass is 296 g/mol. The van der Waals surface area contributed by atoms with Gasteiger partial charge in [0.15, 0.2) is 0 Å². The third-order valence-corrected chi connectivity index (χ3v) is 4.53. The van der Waals surface area contributed by atoms with Gasteiger partial charge in [0.05, 0.1) is 0 Å². The molecule has 1 rings (SSSR count). The molecule has 1 fully saturated rings. The lowest BCUT2D eigenvalue weighted by atomic mass is 9.93. The smallest absolute Gasteiger partial charge is 0.222 e. The zero-order valence-electron chi connectivity index (χ0n) is 14.7. The van der Waals surface area contributed by atoms with Crippen LogP contribution in [0.3, 0.4) is 0 Å². The topological polar surface area (TPSA) is 32.3 Å². The summed E-state index contributed by atoms with van der Waals surface area (Å²) < 4.78 is 0. The molecule has 3 heteroatoms. The maximum absolute atomic E-state index is 12.5. The van der Waals surface area contributed by atoms with Crippen LogP contribution in [0.4, 0.5) is 0 Å². The fourth-order valence-corrected chi connectivity index (χ4v) is 2.85. The molecule has 1 aliphatic rings. The van der Waals surface area contributed by atoms with Crippen molar-refractivity contribution in [3.63, 3.8) is 0 Å². The predicted molar refractivity (Wildman–Crippen MR) is 90.3 cm³/mol. The standard InChI is InChI=1S/C18H36N2O/c1-15(2)9-13-20(14-10-16(3)4)18(21)6-5-17-7-11-19-12-8-17/h15-17,19H,5-14H2,1-4H3. The van der Waals surface area contributed by atoms with Gasteiger partial charge < -0.3 is 10.2 Å². The lowest BCUT2D eigenvalue weighted by Gasteiger charge is -2.27. The van der Waals surface area contributed by atoms with Crippen LogP contribution in [0.1, 0.15) is 66.2 Å². The third-order valence-electron chi connectivity index (χ3n) is 4.53. The van der Waals surface area contributed by atoms with Crippen molar-refractivity contribution in [2.75, 3.05) is 26.2 Å². The van der Waals surface area contributed by atoms with Crippen LogP contribution in [0.5, 0.6) is 0 Å². The number of piperidine rings is 1. The summed E-state index contributed by atoms with van der Waals surface area (Å²) in [6, 6.07) is 0. The normalized spacial score (nSPS) is 16.7. The summed E-state index contributed by atoms with van der Waals surface area (Å²) in [6.07, 6.45) is 6.56. The van der Waals surface area contributed by atoms with E-state index in [2.05, 4.69) is 37.9 Å². The molecule has 0 atom stereocenters. The second-order valence-electron chi connectivity index (χ2n) is 7.48. The van der Waals surface area contributed by atoms with Gasteiger partial charge in [-0.15, -0.1) is 0 Å². The van der Waals surface area contributed by atoms with Crippen molar-refractivity contribution in [3.05, 3.63) is 0 Å². The van der Waals surface area contributed by atoms with Crippen LogP contribution in [0.15, 0.2) is 0 Å². The van der Waals surface area contributed by atoms with Gasteiger partial charge in [-0.1, -0.05) is 27.7 Å². The Kier molecular flexibility index (Phi) is 8.98. The molecule has 1 N–H and O–H groups in total. The highest BCUT2D eigenvalue weighted by Crippen LogP contribution is 2.19. The van der Waals surface area contributed by atoms with Gasteiger partial charge in [0, 0.05) is 19.5 Å². The number of rotatable bonds is 9. The van der Waals surface area contributed by atoms with Crippen molar-refractivity contribution in [1.82, 2.24) is 10.2 Å².